The quantitative estimate of drug-likeness (QED) is 0.320. The Hall–Kier alpha value is -1.87. The fraction of sp³-hybridized carbons (Fsp3) is 0.150. The zero-order valence-electron chi connectivity index (χ0n) is 16.5. The van der Waals surface area contributed by atoms with Crippen LogP contribution in [0.25, 0.3) is 11.4 Å². The first-order valence-corrected chi connectivity index (χ1v) is 11.1. The van der Waals surface area contributed by atoms with Gasteiger partial charge in [0.25, 0.3) is 0 Å². The van der Waals surface area contributed by atoms with Gasteiger partial charge in [0, 0.05) is 16.7 Å². The molecule has 0 saturated heterocycles. The van der Waals surface area contributed by atoms with Gasteiger partial charge in [-0.2, -0.15) is 0 Å². The van der Waals surface area contributed by atoms with E-state index in [1.807, 2.05) is 0 Å². The van der Waals surface area contributed by atoms with Gasteiger partial charge < -0.3 is 10.5 Å². The Bertz CT molecular complexity index is 1190. The number of rotatable bonds is 5. The molecule has 1 heterocycles. The van der Waals surface area contributed by atoms with Gasteiger partial charge in [-0.25, -0.2) is 15.0 Å². The van der Waals surface area contributed by atoms with Crippen LogP contribution in [0.2, 0.25) is 0 Å². The van der Waals surface area contributed by atoms with E-state index >= 15 is 0 Å². The topological polar surface area (TPSA) is 108 Å². The van der Waals surface area contributed by atoms with E-state index in [0.29, 0.717) is 5.75 Å². The van der Waals surface area contributed by atoms with Crippen LogP contribution in [-0.2, 0) is 7.59 Å². The minimum Gasteiger partial charge on any atom is -0.497 e. The average Bonchev–Trinajstić information content (AvgIpc) is 2.76. The first-order chi connectivity index (χ1) is 15.3. The van der Waals surface area contributed by atoms with Gasteiger partial charge in [0.05, 0.1) is 12.7 Å². The van der Waals surface area contributed by atoms with Crippen LogP contribution in [0.5, 0.6) is 5.75 Å². The number of primary amides is 1. The number of hydrogen-bond acceptors (Lipinski definition) is 6. The predicted octanol–water partition coefficient (Wildman–Crippen LogP) is 5.53. The van der Waals surface area contributed by atoms with Gasteiger partial charge in [0.2, 0.25) is 13.5 Å². The molecule has 0 aliphatic carbocycles. The van der Waals surface area contributed by atoms with Gasteiger partial charge >= 0.3 is 0 Å². The average molecular weight is 569 g/mol. The van der Waals surface area contributed by atoms with E-state index in [2.05, 4.69) is 15.0 Å². The van der Waals surface area contributed by atoms with Gasteiger partial charge in [-0.3, -0.25) is 9.59 Å². The van der Waals surface area contributed by atoms with Crippen molar-refractivity contribution in [1.82, 2.24) is 15.0 Å². The fourth-order valence-corrected chi connectivity index (χ4v) is 3.35. The number of benzene rings is 2. The number of carbonyl (C=O) groups is 2. The third kappa shape index (κ3) is 5.80. The lowest BCUT2D eigenvalue weighted by molar-refractivity contribution is 0.0981. The van der Waals surface area contributed by atoms with E-state index in [9.17, 15) is 9.59 Å². The van der Waals surface area contributed by atoms with Crippen LogP contribution < -0.4 is 10.5 Å². The molecule has 3 rings (SSSR count). The molecule has 172 valence electrons. The molecular weight excluding hydrogens is 557 g/mol. The Morgan fingerprint density at radius 3 is 1.85 bits per heavy atom. The Morgan fingerprint density at radius 2 is 1.39 bits per heavy atom. The molecule has 33 heavy (non-hydrogen) atoms. The van der Waals surface area contributed by atoms with Crippen molar-refractivity contribution in [2.24, 2.45) is 5.73 Å². The number of hydrogen-bond donors (Lipinski definition) is 1. The van der Waals surface area contributed by atoms with Gasteiger partial charge in [0.15, 0.2) is 23.3 Å². The molecule has 7 nitrogen and oxygen atoms in total. The smallest absolute Gasteiger partial charge is 0.250 e. The number of carbonyl (C=O) groups excluding carboxylic acids is 2. The monoisotopic (exact) mass is 566 g/mol. The summed E-state index contributed by atoms with van der Waals surface area (Å²) in [5.41, 5.74) is 5.79. The van der Waals surface area contributed by atoms with Gasteiger partial charge in [-0.15, -0.1) is 0 Å². The Labute approximate surface area is 218 Å². The summed E-state index contributed by atoms with van der Waals surface area (Å²) in [7, 11) is 1.50. The number of nitrogens with zero attached hydrogens (tertiary/aromatic N) is 3. The molecule has 1 amide bonds. The lowest BCUT2D eigenvalue weighted by atomic mass is 9.93. The maximum atomic E-state index is 13.2. The second-order valence-corrected chi connectivity index (χ2v) is 11.0. The van der Waals surface area contributed by atoms with Crippen LogP contribution >= 0.6 is 69.6 Å². The highest BCUT2D eigenvalue weighted by Crippen LogP contribution is 2.41. The first kappa shape index (κ1) is 25.7. The normalized spacial score (nSPS) is 11.8. The molecule has 2 N–H and O–H groups in total. The van der Waals surface area contributed by atoms with E-state index in [4.69, 9.17) is 80.1 Å². The van der Waals surface area contributed by atoms with Crippen molar-refractivity contribution >= 4 is 81.3 Å². The number of aromatic nitrogens is 3. The standard InChI is InChI=1S/C20H12Cl6N4O3/c1-33-10-7-5-9(6-8-10)14(31)11-3-2-4-12(13(11)15(27)32)16-28-17(19(21,22)23)30-18(29-16)20(24,25)26/h2-8H,1H3,(H2,27,32). The maximum absolute atomic E-state index is 13.2. The molecule has 3 aromatic rings. The summed E-state index contributed by atoms with van der Waals surface area (Å²) in [4.78, 5) is 37.7. The molecule has 0 bridgehead atoms. The minimum atomic E-state index is -2.11. The Kier molecular flexibility index (Phi) is 7.63. The summed E-state index contributed by atoms with van der Waals surface area (Å²) >= 11 is 35.5. The van der Waals surface area contributed by atoms with Crippen LogP contribution in [0.1, 0.15) is 37.9 Å². The number of nitrogens with two attached hydrogens (primary N) is 1. The van der Waals surface area contributed by atoms with Crippen molar-refractivity contribution in [3.8, 4) is 17.1 Å². The highest BCUT2D eigenvalue weighted by molar-refractivity contribution is 6.67. The number of ether oxygens (including phenoxy) is 1. The van der Waals surface area contributed by atoms with Gasteiger partial charge in [0.1, 0.15) is 5.75 Å². The molecule has 13 heteroatoms. The molecule has 0 atom stereocenters. The zero-order valence-corrected chi connectivity index (χ0v) is 21.0. The third-order valence-corrected chi connectivity index (χ3v) is 5.31. The minimum absolute atomic E-state index is 0.00329. The summed E-state index contributed by atoms with van der Waals surface area (Å²) in [5, 5.41) is 0. The number of halogens is 6. The third-order valence-electron chi connectivity index (χ3n) is 4.29. The van der Waals surface area contributed by atoms with E-state index < -0.39 is 19.3 Å². The van der Waals surface area contributed by atoms with E-state index in [-0.39, 0.29) is 39.7 Å². The summed E-state index contributed by atoms with van der Waals surface area (Å²) in [6.07, 6.45) is 0. The fourth-order valence-electron chi connectivity index (χ4n) is 2.84. The molecule has 2 aromatic carbocycles. The summed E-state index contributed by atoms with van der Waals surface area (Å²) in [6, 6.07) is 10.7. The zero-order chi connectivity index (χ0) is 24.6. The predicted molar refractivity (Wildman–Crippen MR) is 129 cm³/mol. The summed E-state index contributed by atoms with van der Waals surface area (Å²) in [6.45, 7) is 0. The second kappa shape index (κ2) is 9.78. The van der Waals surface area contributed by atoms with Gasteiger partial charge in [-0.1, -0.05) is 87.8 Å². The molecule has 1 aromatic heterocycles. The molecule has 0 saturated carbocycles. The Balaban J connectivity index is 2.24. The molecular formula is C20H12Cl6N4O3. The molecule has 0 aliphatic rings. The van der Waals surface area contributed by atoms with Crippen LogP contribution in [0.15, 0.2) is 42.5 Å². The van der Waals surface area contributed by atoms with E-state index in [1.165, 1.54) is 25.3 Å². The SMILES string of the molecule is COc1ccc(C(=O)c2cccc(-c3nc(C(Cl)(Cl)Cl)nc(C(Cl)(Cl)Cl)n3)c2C(N)=O)cc1. The van der Waals surface area contributed by atoms with Crippen LogP contribution in [0.3, 0.4) is 0 Å². The molecule has 0 spiro atoms. The molecule has 0 radical (unpaired) electrons. The maximum Gasteiger partial charge on any atom is 0.250 e. The lowest BCUT2D eigenvalue weighted by Gasteiger charge is -2.17. The van der Waals surface area contributed by atoms with Crippen molar-refractivity contribution in [2.75, 3.05) is 7.11 Å². The largest absolute Gasteiger partial charge is 0.497 e. The molecule has 0 aliphatic heterocycles. The summed E-state index contributed by atoms with van der Waals surface area (Å²) in [5.74, 6) is -1.76. The van der Waals surface area contributed by atoms with Crippen molar-refractivity contribution < 1.29 is 14.3 Å². The highest BCUT2D eigenvalue weighted by Gasteiger charge is 2.35. The summed E-state index contributed by atoms with van der Waals surface area (Å²) < 4.78 is 0.887. The first-order valence-electron chi connectivity index (χ1n) is 8.85. The van der Waals surface area contributed by atoms with E-state index in [1.54, 1.807) is 24.3 Å². The molecule has 0 unspecified atom stereocenters. The second-order valence-electron chi connectivity index (χ2n) is 6.45. The van der Waals surface area contributed by atoms with Crippen LogP contribution in [-0.4, -0.2) is 33.8 Å². The lowest BCUT2D eigenvalue weighted by Crippen LogP contribution is -2.21. The van der Waals surface area contributed by atoms with Crippen molar-refractivity contribution in [2.45, 2.75) is 7.59 Å². The van der Waals surface area contributed by atoms with Crippen molar-refractivity contribution in [3.05, 3.63) is 70.8 Å². The number of ketones is 1. The highest BCUT2D eigenvalue weighted by atomic mass is 35.6. The van der Waals surface area contributed by atoms with Crippen LogP contribution in [0.4, 0.5) is 0 Å². The molecule has 0 fully saturated rings. The Morgan fingerprint density at radius 1 is 0.848 bits per heavy atom. The number of alkyl halides is 6. The number of amides is 1. The van der Waals surface area contributed by atoms with Crippen molar-refractivity contribution in [3.63, 3.8) is 0 Å². The van der Waals surface area contributed by atoms with Crippen molar-refractivity contribution in [1.29, 1.82) is 0 Å². The van der Waals surface area contributed by atoms with Crippen LogP contribution in [0, 0.1) is 0 Å². The van der Waals surface area contributed by atoms with E-state index in [0.717, 1.165) is 0 Å². The van der Waals surface area contributed by atoms with Gasteiger partial charge in [-0.05, 0) is 24.3 Å². The number of methoxy groups -OCH3 is 1.